The van der Waals surface area contributed by atoms with E-state index >= 15 is 0 Å². The van der Waals surface area contributed by atoms with Crippen LogP contribution in [0.1, 0.15) is 29.2 Å². The number of carbonyl (C=O) groups is 2. The Morgan fingerprint density at radius 1 is 1.16 bits per heavy atom. The molecule has 0 radical (unpaired) electrons. The molecule has 0 fully saturated rings. The van der Waals surface area contributed by atoms with Crippen LogP contribution in [0.15, 0.2) is 71.4 Å². The highest BCUT2D eigenvalue weighted by atomic mass is 19.1. The van der Waals surface area contributed by atoms with E-state index in [0.29, 0.717) is 13.1 Å². The predicted molar refractivity (Wildman–Crippen MR) is 115 cm³/mol. The molecule has 2 aromatic carbocycles. The number of benzene rings is 2. The molecule has 2 heterocycles. The highest BCUT2D eigenvalue weighted by molar-refractivity contribution is 6.13. The van der Waals surface area contributed by atoms with Gasteiger partial charge < -0.3 is 4.90 Å². The van der Waals surface area contributed by atoms with Crippen molar-refractivity contribution in [1.82, 2.24) is 10.3 Å². The van der Waals surface area contributed by atoms with Gasteiger partial charge in [-0.2, -0.15) is 5.10 Å². The van der Waals surface area contributed by atoms with Gasteiger partial charge in [-0.15, -0.1) is 0 Å². The molecule has 2 amide bonds. The summed E-state index contributed by atoms with van der Waals surface area (Å²) in [6.07, 6.45) is 6.13. The van der Waals surface area contributed by atoms with E-state index in [0.717, 1.165) is 33.5 Å². The number of nitrogens with zero attached hydrogens (tertiary/aromatic N) is 2. The summed E-state index contributed by atoms with van der Waals surface area (Å²) >= 11 is 0. The standard InChI is InChI=1S/C25H22FN3O2/c1-15-3-2-4-21-23(15)24(27-28-25(21)31)17-7-5-16(6-8-17)11-22(30)29-13-18-9-10-20(26)12-19(18)14-29/h2-10,12,15,23H,11,13-14H2,1H3,(H,28,31). The molecule has 1 aliphatic carbocycles. The molecule has 2 unspecified atom stereocenters. The number of hydrazone groups is 1. The summed E-state index contributed by atoms with van der Waals surface area (Å²) in [5.41, 5.74) is 7.88. The van der Waals surface area contributed by atoms with Gasteiger partial charge in [0.1, 0.15) is 5.82 Å². The first kappa shape index (κ1) is 19.4. The van der Waals surface area contributed by atoms with Crippen LogP contribution in [0.3, 0.4) is 0 Å². The van der Waals surface area contributed by atoms with Gasteiger partial charge in [-0.25, -0.2) is 9.82 Å². The maximum Gasteiger partial charge on any atom is 0.268 e. The molecule has 1 N–H and O–H groups in total. The Hall–Kier alpha value is -3.54. The van der Waals surface area contributed by atoms with Gasteiger partial charge in [-0.05, 0) is 40.3 Å². The first-order valence-electron chi connectivity index (χ1n) is 10.4. The Bertz CT molecular complexity index is 1160. The van der Waals surface area contributed by atoms with Crippen LogP contribution in [0.5, 0.6) is 0 Å². The van der Waals surface area contributed by atoms with E-state index in [1.54, 1.807) is 11.0 Å². The maximum absolute atomic E-state index is 13.4. The lowest BCUT2D eigenvalue weighted by Gasteiger charge is -2.30. The summed E-state index contributed by atoms with van der Waals surface area (Å²) in [4.78, 5) is 26.7. The van der Waals surface area contributed by atoms with E-state index in [4.69, 9.17) is 0 Å². The zero-order valence-corrected chi connectivity index (χ0v) is 17.1. The molecule has 2 aliphatic heterocycles. The normalized spacial score (nSPS) is 21.7. The first-order chi connectivity index (χ1) is 15.0. The van der Waals surface area contributed by atoms with Crippen LogP contribution < -0.4 is 5.43 Å². The fourth-order valence-electron chi connectivity index (χ4n) is 4.55. The summed E-state index contributed by atoms with van der Waals surface area (Å²) in [6.45, 7) is 3.04. The van der Waals surface area contributed by atoms with Gasteiger partial charge in [0.05, 0.1) is 12.1 Å². The SMILES string of the molecule is CC1C=CC=C2C(=O)NN=C(c3ccc(CC(=O)N4Cc5ccc(F)cc5C4)cc3)C21. The predicted octanol–water partition coefficient (Wildman–Crippen LogP) is 3.49. The average molecular weight is 415 g/mol. The minimum absolute atomic E-state index is 0.0166. The molecule has 5 rings (SSSR count). The molecule has 0 spiro atoms. The summed E-state index contributed by atoms with van der Waals surface area (Å²) < 4.78 is 13.4. The van der Waals surface area contributed by atoms with Crippen LogP contribution in [0.2, 0.25) is 0 Å². The van der Waals surface area contributed by atoms with Crippen LogP contribution in [0.4, 0.5) is 4.39 Å². The monoisotopic (exact) mass is 415 g/mol. The fraction of sp³-hybridized carbons (Fsp3) is 0.240. The van der Waals surface area contributed by atoms with E-state index in [1.807, 2.05) is 36.4 Å². The van der Waals surface area contributed by atoms with Crippen molar-refractivity contribution >= 4 is 17.5 Å². The quantitative estimate of drug-likeness (QED) is 0.834. The Labute approximate surface area is 179 Å². The van der Waals surface area contributed by atoms with E-state index in [2.05, 4.69) is 23.5 Å². The smallest absolute Gasteiger partial charge is 0.268 e. The lowest BCUT2D eigenvalue weighted by Crippen LogP contribution is -2.39. The minimum atomic E-state index is -0.272. The van der Waals surface area contributed by atoms with Gasteiger partial charge in [-0.3, -0.25) is 9.59 Å². The minimum Gasteiger partial charge on any atom is -0.334 e. The molecule has 31 heavy (non-hydrogen) atoms. The highest BCUT2D eigenvalue weighted by Gasteiger charge is 2.35. The molecule has 0 aromatic heterocycles. The maximum atomic E-state index is 13.4. The summed E-state index contributed by atoms with van der Waals surface area (Å²) in [5.74, 6) is -0.310. The van der Waals surface area contributed by atoms with Gasteiger partial charge in [0, 0.05) is 24.6 Å². The Balaban J connectivity index is 1.30. The van der Waals surface area contributed by atoms with Gasteiger partial charge in [0.2, 0.25) is 5.91 Å². The van der Waals surface area contributed by atoms with Crippen LogP contribution in [-0.2, 0) is 29.1 Å². The second kappa shape index (κ2) is 7.61. The lowest BCUT2D eigenvalue weighted by molar-refractivity contribution is -0.131. The van der Waals surface area contributed by atoms with Crippen molar-refractivity contribution in [1.29, 1.82) is 0 Å². The number of carbonyl (C=O) groups excluding carboxylic acids is 2. The Morgan fingerprint density at radius 2 is 1.94 bits per heavy atom. The number of fused-ring (bicyclic) bond motifs is 2. The van der Waals surface area contributed by atoms with E-state index in [9.17, 15) is 14.0 Å². The Kier molecular flexibility index (Phi) is 4.77. The molecular weight excluding hydrogens is 393 g/mol. The van der Waals surface area contributed by atoms with E-state index < -0.39 is 0 Å². The number of halogens is 1. The average Bonchev–Trinajstić information content (AvgIpc) is 3.19. The van der Waals surface area contributed by atoms with Crippen LogP contribution in [-0.4, -0.2) is 22.4 Å². The topological polar surface area (TPSA) is 61.8 Å². The summed E-state index contributed by atoms with van der Waals surface area (Å²) in [6, 6.07) is 12.5. The van der Waals surface area contributed by atoms with Gasteiger partial charge >= 0.3 is 0 Å². The number of hydrogen-bond acceptors (Lipinski definition) is 3. The molecule has 3 aliphatic rings. The van der Waals surface area contributed by atoms with Crippen molar-refractivity contribution in [2.24, 2.45) is 16.9 Å². The van der Waals surface area contributed by atoms with Crippen molar-refractivity contribution in [2.45, 2.75) is 26.4 Å². The van der Waals surface area contributed by atoms with Crippen molar-refractivity contribution in [3.05, 3.63) is 94.3 Å². The third-order valence-corrected chi connectivity index (χ3v) is 6.23. The first-order valence-corrected chi connectivity index (χ1v) is 10.4. The molecule has 0 saturated heterocycles. The fourth-order valence-corrected chi connectivity index (χ4v) is 4.55. The van der Waals surface area contributed by atoms with Gasteiger partial charge in [-0.1, -0.05) is 55.5 Å². The third kappa shape index (κ3) is 3.58. The van der Waals surface area contributed by atoms with Crippen molar-refractivity contribution in [2.75, 3.05) is 0 Å². The summed E-state index contributed by atoms with van der Waals surface area (Å²) in [7, 11) is 0. The van der Waals surface area contributed by atoms with Gasteiger partial charge in [0.25, 0.3) is 5.91 Å². The Morgan fingerprint density at radius 3 is 2.74 bits per heavy atom. The largest absolute Gasteiger partial charge is 0.334 e. The third-order valence-electron chi connectivity index (χ3n) is 6.23. The molecule has 2 atom stereocenters. The highest BCUT2D eigenvalue weighted by Crippen LogP contribution is 2.32. The van der Waals surface area contributed by atoms with Crippen LogP contribution in [0.25, 0.3) is 0 Å². The molecule has 0 bridgehead atoms. The zero-order valence-electron chi connectivity index (χ0n) is 17.1. The molecule has 156 valence electrons. The molecule has 0 saturated carbocycles. The van der Waals surface area contributed by atoms with E-state index in [1.165, 1.54) is 12.1 Å². The molecule has 5 nitrogen and oxygen atoms in total. The number of hydrogen-bond donors (Lipinski definition) is 1. The van der Waals surface area contributed by atoms with Crippen LogP contribution >= 0.6 is 0 Å². The molecule has 2 aromatic rings. The second-order valence-electron chi connectivity index (χ2n) is 8.32. The molecular formula is C25H22FN3O2. The van der Waals surface area contributed by atoms with Crippen molar-refractivity contribution in [3.8, 4) is 0 Å². The number of nitrogens with one attached hydrogen (secondary N) is 1. The zero-order chi connectivity index (χ0) is 21.5. The number of amides is 2. The second-order valence-corrected chi connectivity index (χ2v) is 8.32. The van der Waals surface area contributed by atoms with Crippen LogP contribution in [0, 0.1) is 17.7 Å². The number of allylic oxidation sites excluding steroid dienone is 3. The van der Waals surface area contributed by atoms with E-state index in [-0.39, 0.29) is 35.9 Å². The summed E-state index contributed by atoms with van der Waals surface area (Å²) in [5, 5.41) is 4.34. The van der Waals surface area contributed by atoms with Crippen molar-refractivity contribution in [3.63, 3.8) is 0 Å². The molecule has 6 heteroatoms. The van der Waals surface area contributed by atoms with Gasteiger partial charge in [0.15, 0.2) is 0 Å². The van der Waals surface area contributed by atoms with Crippen molar-refractivity contribution < 1.29 is 14.0 Å². The lowest BCUT2D eigenvalue weighted by atomic mass is 9.77. The number of rotatable bonds is 3.